The topological polar surface area (TPSA) is 78.1 Å². The summed E-state index contributed by atoms with van der Waals surface area (Å²) in [7, 11) is -1.60. The van der Waals surface area contributed by atoms with Gasteiger partial charge < -0.3 is 5.32 Å². The minimum atomic E-state index is -3.43. The van der Waals surface area contributed by atoms with Crippen LogP contribution in [0.2, 0.25) is 0 Å². The lowest BCUT2D eigenvalue weighted by molar-refractivity contribution is 0.402. The number of aromatic amines is 1. The van der Waals surface area contributed by atoms with E-state index in [2.05, 4.69) is 15.5 Å². The van der Waals surface area contributed by atoms with Crippen molar-refractivity contribution in [3.63, 3.8) is 0 Å². The number of rotatable bonds is 6. The standard InChI is InChI=1S/C11H20N4O2S/c1-8-11(9(2)14-13-8)18(16,17)15(7-6-12-3)10-4-5-10/h10,12H,4-7H2,1-3H3,(H,13,14). The van der Waals surface area contributed by atoms with Gasteiger partial charge in [-0.15, -0.1) is 0 Å². The molecule has 2 rings (SSSR count). The number of likely N-dealkylation sites (N-methyl/N-ethyl adjacent to an activating group) is 1. The Morgan fingerprint density at radius 3 is 2.56 bits per heavy atom. The smallest absolute Gasteiger partial charge is 0.247 e. The first-order valence-electron chi connectivity index (χ1n) is 6.16. The highest BCUT2D eigenvalue weighted by Gasteiger charge is 2.39. The van der Waals surface area contributed by atoms with E-state index in [0.29, 0.717) is 29.4 Å². The molecule has 102 valence electrons. The number of hydrogen-bond donors (Lipinski definition) is 2. The van der Waals surface area contributed by atoms with Crippen LogP contribution in [-0.2, 0) is 10.0 Å². The third-order valence-corrected chi connectivity index (χ3v) is 5.38. The van der Waals surface area contributed by atoms with Crippen LogP contribution in [0.3, 0.4) is 0 Å². The average Bonchev–Trinajstić information content (AvgIpc) is 3.05. The van der Waals surface area contributed by atoms with Gasteiger partial charge in [-0.2, -0.15) is 9.40 Å². The first-order chi connectivity index (χ1) is 8.48. The molecular formula is C11H20N4O2S. The van der Waals surface area contributed by atoms with Crippen molar-refractivity contribution < 1.29 is 8.42 Å². The molecule has 0 saturated heterocycles. The molecule has 18 heavy (non-hydrogen) atoms. The Morgan fingerprint density at radius 2 is 2.11 bits per heavy atom. The van der Waals surface area contributed by atoms with Crippen LogP contribution in [0.25, 0.3) is 0 Å². The van der Waals surface area contributed by atoms with Crippen LogP contribution < -0.4 is 5.32 Å². The fourth-order valence-corrected chi connectivity index (χ4v) is 4.14. The number of nitrogens with zero attached hydrogens (tertiary/aromatic N) is 2. The van der Waals surface area contributed by atoms with Gasteiger partial charge in [0.1, 0.15) is 4.90 Å². The van der Waals surface area contributed by atoms with Crippen LogP contribution in [-0.4, -0.2) is 49.1 Å². The molecule has 7 heteroatoms. The van der Waals surface area contributed by atoms with Gasteiger partial charge in [-0.25, -0.2) is 8.42 Å². The predicted molar refractivity (Wildman–Crippen MR) is 68.9 cm³/mol. The minimum Gasteiger partial charge on any atom is -0.318 e. The summed E-state index contributed by atoms with van der Waals surface area (Å²) in [5.74, 6) is 0. The Kier molecular flexibility index (Phi) is 3.74. The van der Waals surface area contributed by atoms with Crippen LogP contribution in [0.15, 0.2) is 4.90 Å². The number of aromatic nitrogens is 2. The maximum atomic E-state index is 12.7. The second-order valence-corrected chi connectivity index (χ2v) is 6.54. The molecule has 1 aromatic rings. The van der Waals surface area contributed by atoms with Gasteiger partial charge in [0.05, 0.1) is 11.4 Å². The predicted octanol–water partition coefficient (Wildman–Crippen LogP) is 0.399. The minimum absolute atomic E-state index is 0.164. The van der Waals surface area contributed by atoms with Crippen LogP contribution in [0.5, 0.6) is 0 Å². The fourth-order valence-electron chi connectivity index (χ4n) is 2.12. The zero-order valence-corrected chi connectivity index (χ0v) is 11.8. The number of sulfonamides is 1. The van der Waals surface area contributed by atoms with Crippen molar-refractivity contribution in [3.8, 4) is 0 Å². The van der Waals surface area contributed by atoms with Crippen LogP contribution in [0, 0.1) is 13.8 Å². The van der Waals surface area contributed by atoms with E-state index in [1.807, 2.05) is 7.05 Å². The molecule has 0 aromatic carbocycles. The quantitative estimate of drug-likeness (QED) is 0.785. The van der Waals surface area contributed by atoms with Crippen molar-refractivity contribution in [2.24, 2.45) is 0 Å². The van der Waals surface area contributed by atoms with Gasteiger partial charge in [-0.05, 0) is 33.7 Å². The first-order valence-corrected chi connectivity index (χ1v) is 7.60. The van der Waals surface area contributed by atoms with Crippen LogP contribution >= 0.6 is 0 Å². The molecule has 1 saturated carbocycles. The Morgan fingerprint density at radius 1 is 1.44 bits per heavy atom. The Bertz CT molecular complexity index is 500. The second kappa shape index (κ2) is 4.99. The molecule has 1 aliphatic carbocycles. The lowest BCUT2D eigenvalue weighted by Crippen LogP contribution is -2.38. The maximum absolute atomic E-state index is 12.7. The van der Waals surface area contributed by atoms with Crippen LogP contribution in [0.4, 0.5) is 0 Å². The molecule has 0 unspecified atom stereocenters. The second-order valence-electron chi connectivity index (χ2n) is 4.71. The van der Waals surface area contributed by atoms with E-state index >= 15 is 0 Å². The molecule has 0 aliphatic heterocycles. The van der Waals surface area contributed by atoms with Crippen molar-refractivity contribution >= 4 is 10.0 Å². The van der Waals surface area contributed by atoms with Gasteiger partial charge in [0.15, 0.2) is 0 Å². The van der Waals surface area contributed by atoms with Gasteiger partial charge in [-0.1, -0.05) is 0 Å². The average molecular weight is 272 g/mol. The third kappa shape index (κ3) is 2.43. The monoisotopic (exact) mass is 272 g/mol. The highest BCUT2D eigenvalue weighted by atomic mass is 32.2. The van der Waals surface area contributed by atoms with Gasteiger partial charge in [0.25, 0.3) is 0 Å². The number of H-pyrrole nitrogens is 1. The molecule has 0 atom stereocenters. The van der Waals surface area contributed by atoms with E-state index in [4.69, 9.17) is 0 Å². The van der Waals surface area contributed by atoms with Crippen molar-refractivity contribution in [2.45, 2.75) is 37.6 Å². The van der Waals surface area contributed by atoms with Crippen LogP contribution in [0.1, 0.15) is 24.2 Å². The molecule has 1 fully saturated rings. The van der Waals surface area contributed by atoms with E-state index in [0.717, 1.165) is 12.8 Å². The van der Waals surface area contributed by atoms with Gasteiger partial charge in [0.2, 0.25) is 10.0 Å². The van der Waals surface area contributed by atoms with Gasteiger partial charge >= 0.3 is 0 Å². The summed E-state index contributed by atoms with van der Waals surface area (Å²) in [6.07, 6.45) is 1.91. The molecule has 0 radical (unpaired) electrons. The molecule has 0 spiro atoms. The van der Waals surface area contributed by atoms with E-state index in [-0.39, 0.29) is 6.04 Å². The summed E-state index contributed by atoms with van der Waals surface area (Å²) in [4.78, 5) is 0.338. The number of aryl methyl sites for hydroxylation is 2. The molecular weight excluding hydrogens is 252 g/mol. The van der Waals surface area contributed by atoms with E-state index in [1.165, 1.54) is 0 Å². The van der Waals surface area contributed by atoms with E-state index in [9.17, 15) is 8.42 Å². The van der Waals surface area contributed by atoms with Crippen molar-refractivity contribution in [2.75, 3.05) is 20.1 Å². The molecule has 0 amide bonds. The summed E-state index contributed by atoms with van der Waals surface area (Å²) < 4.78 is 26.9. The maximum Gasteiger partial charge on any atom is 0.247 e. The Hall–Kier alpha value is -0.920. The zero-order chi connectivity index (χ0) is 13.3. The first kappa shape index (κ1) is 13.5. The number of hydrogen-bond acceptors (Lipinski definition) is 4. The fraction of sp³-hybridized carbons (Fsp3) is 0.727. The normalized spacial score (nSPS) is 16.4. The number of nitrogens with one attached hydrogen (secondary N) is 2. The Labute approximate surface area is 108 Å². The molecule has 0 bridgehead atoms. The highest BCUT2D eigenvalue weighted by molar-refractivity contribution is 7.89. The lowest BCUT2D eigenvalue weighted by Gasteiger charge is -2.21. The molecule has 1 heterocycles. The molecule has 2 N–H and O–H groups in total. The van der Waals surface area contributed by atoms with Gasteiger partial charge in [-0.3, -0.25) is 5.10 Å². The molecule has 6 nitrogen and oxygen atoms in total. The largest absolute Gasteiger partial charge is 0.318 e. The Balaban J connectivity index is 2.33. The summed E-state index contributed by atoms with van der Waals surface area (Å²) >= 11 is 0. The summed E-state index contributed by atoms with van der Waals surface area (Å²) in [6.45, 7) is 4.63. The SMILES string of the molecule is CNCCN(C1CC1)S(=O)(=O)c1c(C)n[nH]c1C. The zero-order valence-electron chi connectivity index (χ0n) is 11.0. The highest BCUT2D eigenvalue weighted by Crippen LogP contribution is 2.33. The summed E-state index contributed by atoms with van der Waals surface area (Å²) in [5, 5.41) is 9.72. The lowest BCUT2D eigenvalue weighted by atomic mass is 10.4. The molecule has 1 aliphatic rings. The van der Waals surface area contributed by atoms with Crippen molar-refractivity contribution in [1.29, 1.82) is 0 Å². The summed E-state index contributed by atoms with van der Waals surface area (Å²) in [6, 6.07) is 0.164. The van der Waals surface area contributed by atoms with E-state index < -0.39 is 10.0 Å². The molecule has 1 aromatic heterocycles. The van der Waals surface area contributed by atoms with E-state index in [1.54, 1.807) is 18.2 Å². The summed E-state index contributed by atoms with van der Waals surface area (Å²) in [5.41, 5.74) is 1.16. The third-order valence-electron chi connectivity index (χ3n) is 3.16. The van der Waals surface area contributed by atoms with Crippen molar-refractivity contribution in [1.82, 2.24) is 19.8 Å². The van der Waals surface area contributed by atoms with Gasteiger partial charge in [0, 0.05) is 19.1 Å². The van der Waals surface area contributed by atoms with Crippen molar-refractivity contribution in [3.05, 3.63) is 11.4 Å².